The Morgan fingerprint density at radius 3 is 2.29 bits per heavy atom. The summed E-state index contributed by atoms with van der Waals surface area (Å²) in [7, 11) is 0. The highest BCUT2D eigenvalue weighted by Crippen LogP contribution is 2.17. The molecule has 4 nitrogen and oxygen atoms in total. The van der Waals surface area contributed by atoms with Crippen molar-refractivity contribution < 1.29 is 18.0 Å². The Kier molecular flexibility index (Phi) is 4.86. The van der Waals surface area contributed by atoms with Crippen molar-refractivity contribution in [1.29, 1.82) is 0 Å². The molecule has 0 aromatic carbocycles. The van der Waals surface area contributed by atoms with Crippen LogP contribution in [0.25, 0.3) is 0 Å². The Morgan fingerprint density at radius 1 is 1.50 bits per heavy atom. The van der Waals surface area contributed by atoms with Crippen molar-refractivity contribution in [1.82, 2.24) is 10.3 Å². The number of nitrogens with one attached hydrogen (secondary N) is 1. The van der Waals surface area contributed by atoms with Crippen LogP contribution in [0, 0.1) is 0 Å². The highest BCUT2D eigenvalue weighted by atomic mass is 19.4. The van der Waals surface area contributed by atoms with Gasteiger partial charge in [0.05, 0.1) is 13.1 Å². The average molecular weight is 213 g/mol. The lowest BCUT2D eigenvalue weighted by atomic mass is 10.3. The molecule has 84 valence electrons. The number of hydrazine groups is 1. The molecule has 0 aliphatic heterocycles. The van der Waals surface area contributed by atoms with Gasteiger partial charge in [-0.15, -0.1) is 0 Å². The summed E-state index contributed by atoms with van der Waals surface area (Å²) >= 11 is 0. The van der Waals surface area contributed by atoms with E-state index < -0.39 is 18.6 Å². The minimum atomic E-state index is -4.31. The van der Waals surface area contributed by atoms with E-state index in [2.05, 4.69) is 0 Å². The van der Waals surface area contributed by atoms with E-state index in [0.717, 1.165) is 4.90 Å². The molecule has 0 atom stereocenters. The second kappa shape index (κ2) is 5.16. The maximum absolute atomic E-state index is 12.0. The second-order valence-electron chi connectivity index (χ2n) is 3.18. The van der Waals surface area contributed by atoms with Crippen LogP contribution in [0.15, 0.2) is 0 Å². The van der Waals surface area contributed by atoms with Crippen molar-refractivity contribution >= 4 is 5.91 Å². The molecule has 0 fully saturated rings. The van der Waals surface area contributed by atoms with E-state index in [1.807, 2.05) is 0 Å². The first kappa shape index (κ1) is 13.2. The Bertz CT molecular complexity index is 193. The van der Waals surface area contributed by atoms with Gasteiger partial charge in [0, 0.05) is 6.04 Å². The molecule has 0 radical (unpaired) electrons. The Labute approximate surface area is 80.2 Å². The third-order valence-corrected chi connectivity index (χ3v) is 1.62. The van der Waals surface area contributed by atoms with E-state index in [1.54, 1.807) is 19.3 Å². The number of carbonyl (C=O) groups is 1. The monoisotopic (exact) mass is 213 g/mol. The van der Waals surface area contributed by atoms with Gasteiger partial charge in [0.25, 0.3) is 0 Å². The van der Waals surface area contributed by atoms with E-state index in [0.29, 0.717) is 0 Å². The molecule has 0 aromatic rings. The molecule has 0 rings (SSSR count). The van der Waals surface area contributed by atoms with Gasteiger partial charge in [0.15, 0.2) is 0 Å². The number of halogens is 3. The van der Waals surface area contributed by atoms with Crippen LogP contribution < -0.4 is 11.3 Å². The zero-order chi connectivity index (χ0) is 11.4. The number of alkyl halides is 3. The highest BCUT2D eigenvalue weighted by Gasteiger charge is 2.32. The van der Waals surface area contributed by atoms with Crippen LogP contribution in [0.4, 0.5) is 13.2 Å². The quantitative estimate of drug-likeness (QED) is 0.400. The third kappa shape index (κ3) is 5.76. The van der Waals surface area contributed by atoms with Crippen LogP contribution >= 0.6 is 0 Å². The van der Waals surface area contributed by atoms with E-state index in [1.165, 1.54) is 0 Å². The van der Waals surface area contributed by atoms with Gasteiger partial charge in [0.2, 0.25) is 5.91 Å². The van der Waals surface area contributed by atoms with Gasteiger partial charge in [-0.3, -0.25) is 15.1 Å². The van der Waals surface area contributed by atoms with E-state index in [9.17, 15) is 18.0 Å². The fraction of sp³-hybridized carbons (Fsp3) is 0.857. The predicted octanol–water partition coefficient (Wildman–Crippen LogP) is 0.249. The zero-order valence-electron chi connectivity index (χ0n) is 8.06. The number of rotatable bonds is 4. The molecule has 3 N–H and O–H groups in total. The Morgan fingerprint density at radius 2 is 2.00 bits per heavy atom. The molecule has 0 unspecified atom stereocenters. The summed E-state index contributed by atoms with van der Waals surface area (Å²) in [6, 6.07) is -0.367. The van der Waals surface area contributed by atoms with Crippen LogP contribution in [0.5, 0.6) is 0 Å². The summed E-state index contributed by atoms with van der Waals surface area (Å²) in [5, 5.41) is 0. The van der Waals surface area contributed by atoms with Crippen LogP contribution in [-0.4, -0.2) is 36.1 Å². The molecule has 0 aliphatic rings. The maximum atomic E-state index is 12.0. The fourth-order valence-corrected chi connectivity index (χ4v) is 0.881. The smallest absolute Gasteiger partial charge is 0.293 e. The van der Waals surface area contributed by atoms with Gasteiger partial charge in [-0.25, -0.2) is 5.84 Å². The first-order valence-corrected chi connectivity index (χ1v) is 4.06. The normalized spacial score (nSPS) is 12.3. The molecule has 0 spiro atoms. The lowest BCUT2D eigenvalue weighted by molar-refractivity contribution is -0.152. The first-order chi connectivity index (χ1) is 6.26. The molecule has 0 bridgehead atoms. The molecule has 7 heteroatoms. The summed E-state index contributed by atoms with van der Waals surface area (Å²) < 4.78 is 36.0. The van der Waals surface area contributed by atoms with E-state index in [4.69, 9.17) is 5.84 Å². The first-order valence-electron chi connectivity index (χ1n) is 4.06. The van der Waals surface area contributed by atoms with Crippen molar-refractivity contribution in [3.05, 3.63) is 0 Å². The number of hydrogen-bond donors (Lipinski definition) is 2. The molecule has 0 heterocycles. The summed E-state index contributed by atoms with van der Waals surface area (Å²) in [5.74, 6) is 4.14. The summed E-state index contributed by atoms with van der Waals surface area (Å²) in [6.45, 7) is 1.69. The summed E-state index contributed by atoms with van der Waals surface area (Å²) in [4.78, 5) is 11.8. The molecular formula is C7H14F3N3O. The standard InChI is InChI=1S/C7H14F3N3O/c1-5(2)13(3-6(14)12-11)4-7(8,9)10/h5H,3-4,11H2,1-2H3,(H,12,14). The van der Waals surface area contributed by atoms with Crippen LogP contribution in [0.3, 0.4) is 0 Å². The van der Waals surface area contributed by atoms with Crippen molar-refractivity contribution in [2.75, 3.05) is 13.1 Å². The SMILES string of the molecule is CC(C)N(CC(=O)NN)CC(F)(F)F. The number of amides is 1. The number of nitrogens with zero attached hydrogens (tertiary/aromatic N) is 1. The van der Waals surface area contributed by atoms with Gasteiger partial charge >= 0.3 is 6.18 Å². The minimum Gasteiger partial charge on any atom is -0.293 e. The van der Waals surface area contributed by atoms with Crippen molar-refractivity contribution in [3.63, 3.8) is 0 Å². The minimum absolute atomic E-state index is 0.353. The largest absolute Gasteiger partial charge is 0.401 e. The summed E-state index contributed by atoms with van der Waals surface area (Å²) in [6.07, 6.45) is -4.31. The van der Waals surface area contributed by atoms with E-state index >= 15 is 0 Å². The molecule has 0 saturated heterocycles. The Balaban J connectivity index is 4.24. The Hall–Kier alpha value is -0.820. The zero-order valence-corrected chi connectivity index (χ0v) is 8.06. The van der Waals surface area contributed by atoms with Crippen LogP contribution in [0.1, 0.15) is 13.8 Å². The van der Waals surface area contributed by atoms with Crippen molar-refractivity contribution in [2.24, 2.45) is 5.84 Å². The van der Waals surface area contributed by atoms with Gasteiger partial charge in [-0.05, 0) is 13.8 Å². The molecule has 0 saturated carbocycles. The number of carbonyl (C=O) groups excluding carboxylic acids is 1. The van der Waals surface area contributed by atoms with Crippen molar-refractivity contribution in [2.45, 2.75) is 26.1 Å². The average Bonchev–Trinajstić information content (AvgIpc) is 2.00. The van der Waals surface area contributed by atoms with Gasteiger partial charge in [0.1, 0.15) is 0 Å². The third-order valence-electron chi connectivity index (χ3n) is 1.62. The molecule has 14 heavy (non-hydrogen) atoms. The number of hydrogen-bond acceptors (Lipinski definition) is 3. The molecular weight excluding hydrogens is 199 g/mol. The van der Waals surface area contributed by atoms with Crippen LogP contribution in [-0.2, 0) is 4.79 Å². The topological polar surface area (TPSA) is 58.4 Å². The molecule has 0 aromatic heterocycles. The predicted molar refractivity (Wildman–Crippen MR) is 45.1 cm³/mol. The molecule has 0 aliphatic carbocycles. The van der Waals surface area contributed by atoms with Gasteiger partial charge in [-0.2, -0.15) is 13.2 Å². The summed E-state index contributed by atoms with van der Waals surface area (Å²) in [5.41, 5.74) is 1.79. The van der Waals surface area contributed by atoms with Crippen molar-refractivity contribution in [3.8, 4) is 0 Å². The van der Waals surface area contributed by atoms with Gasteiger partial charge in [-0.1, -0.05) is 0 Å². The van der Waals surface area contributed by atoms with E-state index in [-0.39, 0.29) is 12.6 Å². The lowest BCUT2D eigenvalue weighted by Crippen LogP contribution is -2.46. The lowest BCUT2D eigenvalue weighted by Gasteiger charge is -2.26. The van der Waals surface area contributed by atoms with Gasteiger partial charge < -0.3 is 0 Å². The highest BCUT2D eigenvalue weighted by molar-refractivity contribution is 5.77. The molecule has 1 amide bonds. The van der Waals surface area contributed by atoms with Crippen LogP contribution in [0.2, 0.25) is 0 Å². The number of nitrogens with two attached hydrogens (primary N) is 1. The fourth-order valence-electron chi connectivity index (χ4n) is 0.881. The maximum Gasteiger partial charge on any atom is 0.401 e. The second-order valence-corrected chi connectivity index (χ2v) is 3.18.